The maximum atomic E-state index is 11.6. The predicted octanol–water partition coefficient (Wildman–Crippen LogP) is 3.03. The summed E-state index contributed by atoms with van der Waals surface area (Å²) in [4.78, 5) is 14.8. The van der Waals surface area contributed by atoms with Crippen molar-refractivity contribution in [3.8, 4) is 5.75 Å². The molecular weight excluding hydrogens is 252 g/mol. The zero-order valence-corrected chi connectivity index (χ0v) is 12.2. The number of aromatic amines is 1. The molecule has 0 aliphatic carbocycles. The summed E-state index contributed by atoms with van der Waals surface area (Å²) in [5, 5.41) is 4.12. The number of methoxy groups -OCH3 is 1. The molecule has 0 unspecified atom stereocenters. The van der Waals surface area contributed by atoms with Gasteiger partial charge in [-0.25, -0.2) is 0 Å². The standard InChI is InChI=1S/C16H22N2O2/c1-3-4-5-16(19)17-9-8-12-11-18-15-7-6-13(20-2)10-14(12)15/h6-7,10-11,18H,3-5,8-9H2,1-2H3,(H,17,19). The molecular formula is C16H22N2O2. The Morgan fingerprint density at radius 1 is 1.40 bits per heavy atom. The molecule has 2 N–H and O–H groups in total. The molecule has 20 heavy (non-hydrogen) atoms. The number of fused-ring (bicyclic) bond motifs is 1. The number of H-pyrrole nitrogens is 1. The van der Waals surface area contributed by atoms with Gasteiger partial charge < -0.3 is 15.0 Å². The third-order valence-electron chi connectivity index (χ3n) is 3.45. The molecule has 0 aliphatic rings. The SMILES string of the molecule is CCCCC(=O)NCCc1c[nH]c2ccc(OC)cc12. The van der Waals surface area contributed by atoms with Crippen molar-refractivity contribution in [3.63, 3.8) is 0 Å². The summed E-state index contributed by atoms with van der Waals surface area (Å²) in [5.74, 6) is 0.995. The molecule has 0 atom stereocenters. The molecule has 1 aromatic carbocycles. The molecule has 1 heterocycles. The lowest BCUT2D eigenvalue weighted by Gasteiger charge is -2.05. The minimum atomic E-state index is 0.143. The van der Waals surface area contributed by atoms with E-state index in [0.29, 0.717) is 13.0 Å². The van der Waals surface area contributed by atoms with Gasteiger partial charge in [-0.05, 0) is 36.6 Å². The molecule has 2 rings (SSSR count). The van der Waals surface area contributed by atoms with Gasteiger partial charge in [-0.1, -0.05) is 13.3 Å². The van der Waals surface area contributed by atoms with Crippen LogP contribution in [-0.4, -0.2) is 24.5 Å². The Hall–Kier alpha value is -1.97. The number of aromatic nitrogens is 1. The monoisotopic (exact) mass is 274 g/mol. The second-order valence-electron chi connectivity index (χ2n) is 4.93. The number of ether oxygens (including phenoxy) is 1. The zero-order chi connectivity index (χ0) is 14.4. The first-order valence-electron chi connectivity index (χ1n) is 7.15. The van der Waals surface area contributed by atoms with E-state index in [-0.39, 0.29) is 5.91 Å². The molecule has 0 aliphatic heterocycles. The van der Waals surface area contributed by atoms with Crippen molar-refractivity contribution >= 4 is 16.8 Å². The second kappa shape index (κ2) is 6.98. The molecule has 0 spiro atoms. The van der Waals surface area contributed by atoms with Crippen molar-refractivity contribution in [2.75, 3.05) is 13.7 Å². The Balaban J connectivity index is 1.94. The Morgan fingerprint density at radius 3 is 3.00 bits per heavy atom. The van der Waals surface area contributed by atoms with Crippen LogP contribution in [-0.2, 0) is 11.2 Å². The summed E-state index contributed by atoms with van der Waals surface area (Å²) >= 11 is 0. The van der Waals surface area contributed by atoms with Gasteiger partial charge in [0.2, 0.25) is 5.91 Å². The van der Waals surface area contributed by atoms with Crippen molar-refractivity contribution in [3.05, 3.63) is 30.0 Å². The molecule has 1 amide bonds. The lowest BCUT2D eigenvalue weighted by Crippen LogP contribution is -2.25. The van der Waals surface area contributed by atoms with Gasteiger partial charge in [-0.3, -0.25) is 4.79 Å². The topological polar surface area (TPSA) is 54.1 Å². The summed E-state index contributed by atoms with van der Waals surface area (Å²) < 4.78 is 5.25. The van der Waals surface area contributed by atoms with Crippen LogP contribution < -0.4 is 10.1 Å². The van der Waals surface area contributed by atoms with E-state index in [4.69, 9.17) is 4.74 Å². The van der Waals surface area contributed by atoms with Crippen LogP contribution in [0.3, 0.4) is 0 Å². The van der Waals surface area contributed by atoms with Crippen LogP contribution in [0.2, 0.25) is 0 Å². The average molecular weight is 274 g/mol. The van der Waals surface area contributed by atoms with E-state index in [0.717, 1.165) is 35.9 Å². The maximum absolute atomic E-state index is 11.6. The molecule has 0 radical (unpaired) electrons. The number of carbonyl (C=O) groups is 1. The van der Waals surface area contributed by atoms with Crippen molar-refractivity contribution < 1.29 is 9.53 Å². The highest BCUT2D eigenvalue weighted by atomic mass is 16.5. The fourth-order valence-corrected chi connectivity index (χ4v) is 2.25. The molecule has 0 bridgehead atoms. The van der Waals surface area contributed by atoms with E-state index >= 15 is 0 Å². The normalized spacial score (nSPS) is 10.7. The second-order valence-corrected chi connectivity index (χ2v) is 4.93. The third kappa shape index (κ3) is 3.53. The van der Waals surface area contributed by atoms with Gasteiger partial charge in [0.25, 0.3) is 0 Å². The largest absolute Gasteiger partial charge is 0.497 e. The Labute approximate surface area is 119 Å². The van der Waals surface area contributed by atoms with E-state index < -0.39 is 0 Å². The van der Waals surface area contributed by atoms with Crippen molar-refractivity contribution in [1.82, 2.24) is 10.3 Å². The van der Waals surface area contributed by atoms with Crippen molar-refractivity contribution in [2.24, 2.45) is 0 Å². The molecule has 1 aromatic heterocycles. The zero-order valence-electron chi connectivity index (χ0n) is 12.2. The van der Waals surface area contributed by atoms with Gasteiger partial charge in [0.1, 0.15) is 5.75 Å². The summed E-state index contributed by atoms with van der Waals surface area (Å²) in [6, 6.07) is 5.98. The average Bonchev–Trinajstić information content (AvgIpc) is 2.87. The first-order chi connectivity index (χ1) is 9.74. The van der Waals surface area contributed by atoms with E-state index in [2.05, 4.69) is 17.2 Å². The van der Waals surface area contributed by atoms with E-state index in [9.17, 15) is 4.79 Å². The van der Waals surface area contributed by atoms with Crippen LogP contribution in [0.15, 0.2) is 24.4 Å². The molecule has 4 nitrogen and oxygen atoms in total. The fraction of sp³-hybridized carbons (Fsp3) is 0.438. The predicted molar refractivity (Wildman–Crippen MR) is 81.1 cm³/mol. The van der Waals surface area contributed by atoms with Gasteiger partial charge in [0.05, 0.1) is 7.11 Å². The first-order valence-corrected chi connectivity index (χ1v) is 7.15. The van der Waals surface area contributed by atoms with Crippen LogP contribution >= 0.6 is 0 Å². The van der Waals surface area contributed by atoms with E-state index in [1.54, 1.807) is 7.11 Å². The quantitative estimate of drug-likeness (QED) is 0.815. The lowest BCUT2D eigenvalue weighted by atomic mass is 10.1. The summed E-state index contributed by atoms with van der Waals surface area (Å²) in [5.41, 5.74) is 2.30. The van der Waals surface area contributed by atoms with Crippen LogP contribution in [0, 0.1) is 0 Å². The van der Waals surface area contributed by atoms with Crippen LogP contribution in [0.25, 0.3) is 10.9 Å². The number of hydrogen-bond acceptors (Lipinski definition) is 2. The highest BCUT2D eigenvalue weighted by Crippen LogP contribution is 2.23. The molecule has 0 saturated heterocycles. The smallest absolute Gasteiger partial charge is 0.220 e. The number of amides is 1. The van der Waals surface area contributed by atoms with Crippen molar-refractivity contribution in [1.29, 1.82) is 0 Å². The number of hydrogen-bond donors (Lipinski definition) is 2. The number of benzene rings is 1. The van der Waals surface area contributed by atoms with E-state index in [1.165, 1.54) is 5.56 Å². The Kier molecular flexibility index (Phi) is 5.04. The van der Waals surface area contributed by atoms with Gasteiger partial charge >= 0.3 is 0 Å². The number of nitrogens with one attached hydrogen (secondary N) is 2. The van der Waals surface area contributed by atoms with Gasteiger partial charge in [-0.2, -0.15) is 0 Å². The number of unbranched alkanes of at least 4 members (excludes halogenated alkanes) is 1. The molecule has 4 heteroatoms. The molecule has 0 saturated carbocycles. The van der Waals surface area contributed by atoms with Crippen LogP contribution in [0.4, 0.5) is 0 Å². The molecule has 108 valence electrons. The third-order valence-corrected chi connectivity index (χ3v) is 3.45. The summed E-state index contributed by atoms with van der Waals surface area (Å²) in [6.45, 7) is 2.76. The fourth-order valence-electron chi connectivity index (χ4n) is 2.25. The minimum absolute atomic E-state index is 0.143. The lowest BCUT2D eigenvalue weighted by molar-refractivity contribution is -0.121. The van der Waals surface area contributed by atoms with E-state index in [1.807, 2.05) is 24.4 Å². The summed E-state index contributed by atoms with van der Waals surface area (Å²) in [7, 11) is 1.67. The van der Waals surface area contributed by atoms with Crippen LogP contribution in [0.5, 0.6) is 5.75 Å². The van der Waals surface area contributed by atoms with Gasteiger partial charge in [0, 0.05) is 30.1 Å². The Bertz CT molecular complexity index is 575. The molecule has 0 fully saturated rings. The highest BCUT2D eigenvalue weighted by molar-refractivity contribution is 5.84. The van der Waals surface area contributed by atoms with Crippen molar-refractivity contribution in [2.45, 2.75) is 32.6 Å². The highest BCUT2D eigenvalue weighted by Gasteiger charge is 2.06. The van der Waals surface area contributed by atoms with Gasteiger partial charge in [-0.15, -0.1) is 0 Å². The summed E-state index contributed by atoms with van der Waals surface area (Å²) in [6.07, 6.45) is 5.46. The van der Waals surface area contributed by atoms with Crippen LogP contribution in [0.1, 0.15) is 31.7 Å². The maximum Gasteiger partial charge on any atom is 0.220 e. The number of rotatable bonds is 7. The van der Waals surface area contributed by atoms with Gasteiger partial charge in [0.15, 0.2) is 0 Å². The minimum Gasteiger partial charge on any atom is -0.497 e. The molecule has 2 aromatic rings. The Morgan fingerprint density at radius 2 is 2.25 bits per heavy atom. The first kappa shape index (κ1) is 14.4. The number of carbonyl (C=O) groups excluding carboxylic acids is 1.